The van der Waals surface area contributed by atoms with Crippen LogP contribution in [0.25, 0.3) is 0 Å². The average Bonchev–Trinajstić information content (AvgIpc) is 2.49. The number of hydrogen-bond acceptors (Lipinski definition) is 2. The van der Waals surface area contributed by atoms with E-state index >= 15 is 0 Å². The van der Waals surface area contributed by atoms with Crippen LogP contribution >= 0.6 is 0 Å². The number of anilines is 1. The van der Waals surface area contributed by atoms with Crippen molar-refractivity contribution in [1.82, 2.24) is 5.32 Å². The molecule has 1 aromatic rings. The summed E-state index contributed by atoms with van der Waals surface area (Å²) in [5.74, 6) is 0.0847. The van der Waals surface area contributed by atoms with E-state index in [1.54, 1.807) is 4.90 Å². The van der Waals surface area contributed by atoms with Gasteiger partial charge in [-0.2, -0.15) is 0 Å². The van der Waals surface area contributed by atoms with E-state index in [1.807, 2.05) is 52.0 Å². The molecule has 0 aromatic heterocycles. The maximum Gasteiger partial charge on any atom is 0.250 e. The molecule has 2 rings (SSSR count). The lowest BCUT2D eigenvalue weighted by molar-refractivity contribution is -0.135. The van der Waals surface area contributed by atoms with Crippen LogP contribution in [-0.2, 0) is 9.59 Å². The molecular formula is C17H24N2O2. The number of piperazine rings is 1. The van der Waals surface area contributed by atoms with E-state index in [2.05, 4.69) is 5.32 Å². The molecule has 21 heavy (non-hydrogen) atoms. The Morgan fingerprint density at radius 3 is 2.48 bits per heavy atom. The first-order valence-electron chi connectivity index (χ1n) is 7.70. The van der Waals surface area contributed by atoms with Gasteiger partial charge in [-0.05, 0) is 30.9 Å². The standard InChI is InChI=1S/C17H24N2O2/c1-5-11(3)15-17(21)19(13(6-2)16(20)18-15)14-10-8-7-9-12(14)4/h7-11,13,15H,5-6H2,1-4H3,(H,18,20). The van der Waals surface area contributed by atoms with Crippen molar-refractivity contribution in [2.45, 2.75) is 52.6 Å². The van der Waals surface area contributed by atoms with E-state index in [1.165, 1.54) is 0 Å². The van der Waals surface area contributed by atoms with Gasteiger partial charge >= 0.3 is 0 Å². The Morgan fingerprint density at radius 2 is 1.90 bits per heavy atom. The molecular weight excluding hydrogens is 264 g/mol. The summed E-state index contributed by atoms with van der Waals surface area (Å²) in [4.78, 5) is 27.0. The molecule has 4 heteroatoms. The Bertz CT molecular complexity index is 541. The van der Waals surface area contributed by atoms with Gasteiger partial charge < -0.3 is 5.32 Å². The first-order valence-corrected chi connectivity index (χ1v) is 7.70. The predicted octanol–water partition coefficient (Wildman–Crippen LogP) is 2.65. The number of nitrogens with one attached hydrogen (secondary N) is 1. The number of benzene rings is 1. The van der Waals surface area contributed by atoms with Crippen molar-refractivity contribution < 1.29 is 9.59 Å². The van der Waals surface area contributed by atoms with Crippen molar-refractivity contribution in [2.24, 2.45) is 5.92 Å². The molecule has 1 fully saturated rings. The summed E-state index contributed by atoms with van der Waals surface area (Å²) < 4.78 is 0. The van der Waals surface area contributed by atoms with Crippen molar-refractivity contribution in [3.8, 4) is 0 Å². The Morgan fingerprint density at radius 1 is 1.24 bits per heavy atom. The highest BCUT2D eigenvalue weighted by molar-refractivity contribution is 6.08. The van der Waals surface area contributed by atoms with Crippen LogP contribution in [0.15, 0.2) is 24.3 Å². The first kappa shape index (κ1) is 15.5. The molecule has 0 spiro atoms. The van der Waals surface area contributed by atoms with E-state index in [9.17, 15) is 9.59 Å². The highest BCUT2D eigenvalue weighted by Crippen LogP contribution is 2.28. The van der Waals surface area contributed by atoms with Gasteiger partial charge in [-0.25, -0.2) is 0 Å². The van der Waals surface area contributed by atoms with E-state index < -0.39 is 12.1 Å². The van der Waals surface area contributed by atoms with Gasteiger partial charge in [-0.1, -0.05) is 45.4 Å². The molecule has 2 amide bonds. The van der Waals surface area contributed by atoms with E-state index in [4.69, 9.17) is 0 Å². The minimum atomic E-state index is -0.426. The maximum atomic E-state index is 12.9. The number of carbonyl (C=O) groups excluding carboxylic acids is 2. The van der Waals surface area contributed by atoms with Gasteiger partial charge in [0.25, 0.3) is 5.91 Å². The minimum absolute atomic E-state index is 0.00472. The fourth-order valence-electron chi connectivity index (χ4n) is 2.84. The van der Waals surface area contributed by atoms with Gasteiger partial charge in [0.15, 0.2) is 0 Å². The third-order valence-corrected chi connectivity index (χ3v) is 4.39. The summed E-state index contributed by atoms with van der Waals surface area (Å²) in [6, 6.07) is 6.90. The summed E-state index contributed by atoms with van der Waals surface area (Å²) in [7, 11) is 0. The van der Waals surface area contributed by atoms with E-state index in [0.717, 1.165) is 17.7 Å². The normalized spacial score (nSPS) is 23.9. The monoisotopic (exact) mass is 288 g/mol. The molecule has 4 nitrogen and oxygen atoms in total. The zero-order valence-corrected chi connectivity index (χ0v) is 13.2. The zero-order chi connectivity index (χ0) is 15.6. The van der Waals surface area contributed by atoms with Crippen molar-refractivity contribution in [3.63, 3.8) is 0 Å². The van der Waals surface area contributed by atoms with Crippen LogP contribution in [0.3, 0.4) is 0 Å². The topological polar surface area (TPSA) is 49.4 Å². The van der Waals surface area contributed by atoms with Crippen LogP contribution in [0.4, 0.5) is 5.69 Å². The van der Waals surface area contributed by atoms with Crippen molar-refractivity contribution in [2.75, 3.05) is 4.90 Å². The lowest BCUT2D eigenvalue weighted by Crippen LogP contribution is -2.65. The molecule has 0 radical (unpaired) electrons. The molecule has 0 bridgehead atoms. The molecule has 114 valence electrons. The smallest absolute Gasteiger partial charge is 0.250 e. The largest absolute Gasteiger partial charge is 0.342 e. The number of carbonyl (C=O) groups is 2. The number of para-hydroxylation sites is 1. The van der Waals surface area contributed by atoms with Gasteiger partial charge in [0.1, 0.15) is 12.1 Å². The highest BCUT2D eigenvalue weighted by Gasteiger charge is 2.42. The fourth-order valence-corrected chi connectivity index (χ4v) is 2.84. The second-order valence-corrected chi connectivity index (χ2v) is 5.79. The molecule has 0 saturated carbocycles. The van der Waals surface area contributed by atoms with Crippen LogP contribution < -0.4 is 10.2 Å². The maximum absolute atomic E-state index is 12.9. The van der Waals surface area contributed by atoms with Gasteiger partial charge in [-0.3, -0.25) is 14.5 Å². The SMILES string of the molecule is CCC(C)C1NC(=O)C(CC)N(c2ccccc2C)C1=O. The molecule has 1 heterocycles. The van der Waals surface area contributed by atoms with Gasteiger partial charge in [0.05, 0.1) is 0 Å². The quantitative estimate of drug-likeness (QED) is 0.926. The molecule has 3 unspecified atom stereocenters. The molecule has 0 aliphatic carbocycles. The summed E-state index contributed by atoms with van der Waals surface area (Å²) in [5.41, 5.74) is 1.86. The summed E-state index contributed by atoms with van der Waals surface area (Å²) >= 11 is 0. The molecule has 1 aromatic carbocycles. The van der Waals surface area contributed by atoms with Crippen molar-refractivity contribution in [1.29, 1.82) is 0 Å². The second-order valence-electron chi connectivity index (χ2n) is 5.79. The Kier molecular flexibility index (Phi) is 4.66. The van der Waals surface area contributed by atoms with Crippen LogP contribution in [0.1, 0.15) is 39.2 Å². The summed E-state index contributed by atoms with van der Waals surface area (Å²) in [5, 5.41) is 2.91. The Balaban J connectivity index is 2.45. The first-order chi connectivity index (χ1) is 10.0. The Labute approximate surface area is 126 Å². The van der Waals surface area contributed by atoms with E-state index in [-0.39, 0.29) is 17.7 Å². The van der Waals surface area contributed by atoms with Gasteiger partial charge in [0.2, 0.25) is 5.91 Å². The number of nitrogens with zero attached hydrogens (tertiary/aromatic N) is 1. The number of rotatable bonds is 4. The van der Waals surface area contributed by atoms with Gasteiger partial charge in [0, 0.05) is 5.69 Å². The number of hydrogen-bond donors (Lipinski definition) is 1. The number of amides is 2. The highest BCUT2D eigenvalue weighted by atomic mass is 16.2. The fraction of sp³-hybridized carbons (Fsp3) is 0.529. The third kappa shape index (κ3) is 2.80. The van der Waals surface area contributed by atoms with Crippen LogP contribution in [0, 0.1) is 12.8 Å². The van der Waals surface area contributed by atoms with Crippen LogP contribution in [-0.4, -0.2) is 23.9 Å². The summed E-state index contributed by atoms with van der Waals surface area (Å²) in [6.45, 7) is 7.95. The van der Waals surface area contributed by atoms with E-state index in [0.29, 0.717) is 6.42 Å². The van der Waals surface area contributed by atoms with Crippen molar-refractivity contribution in [3.05, 3.63) is 29.8 Å². The Hall–Kier alpha value is -1.84. The molecule has 1 aliphatic rings. The number of aryl methyl sites for hydroxylation is 1. The van der Waals surface area contributed by atoms with Crippen molar-refractivity contribution >= 4 is 17.5 Å². The lowest BCUT2D eigenvalue weighted by atomic mass is 9.93. The average molecular weight is 288 g/mol. The molecule has 1 saturated heterocycles. The zero-order valence-electron chi connectivity index (χ0n) is 13.2. The molecule has 1 N–H and O–H groups in total. The minimum Gasteiger partial charge on any atom is -0.342 e. The predicted molar refractivity (Wildman–Crippen MR) is 84.1 cm³/mol. The van der Waals surface area contributed by atoms with Gasteiger partial charge in [-0.15, -0.1) is 0 Å². The van der Waals surface area contributed by atoms with Crippen LogP contribution in [0.2, 0.25) is 0 Å². The summed E-state index contributed by atoms with van der Waals surface area (Å²) in [6.07, 6.45) is 1.47. The second kappa shape index (κ2) is 6.29. The third-order valence-electron chi connectivity index (χ3n) is 4.39. The molecule has 3 atom stereocenters. The lowest BCUT2D eigenvalue weighted by Gasteiger charge is -2.41. The van der Waals surface area contributed by atoms with Crippen LogP contribution in [0.5, 0.6) is 0 Å². The molecule has 1 aliphatic heterocycles.